The monoisotopic (exact) mass is 300 g/mol. The van der Waals surface area contributed by atoms with E-state index in [1.54, 1.807) is 5.32 Å². The Morgan fingerprint density at radius 3 is 2.44 bits per heavy atom. The number of hydrogen-bond acceptors (Lipinski definition) is 3. The minimum absolute atomic E-state index is 0.0269. The summed E-state index contributed by atoms with van der Waals surface area (Å²) >= 11 is 11.3. The van der Waals surface area contributed by atoms with Crippen LogP contribution in [0, 0.1) is 4.91 Å². The molecule has 0 heterocycles. The molecule has 1 N–H and O–H groups in total. The maximum absolute atomic E-state index is 11.9. The minimum atomic E-state index is -4.98. The van der Waals surface area contributed by atoms with Gasteiger partial charge in [0.15, 0.2) is 0 Å². The van der Waals surface area contributed by atoms with Crippen molar-refractivity contribution >= 4 is 34.8 Å². The molecule has 4 nitrogen and oxygen atoms in total. The van der Waals surface area contributed by atoms with E-state index in [1.807, 2.05) is 0 Å². The van der Waals surface area contributed by atoms with Gasteiger partial charge in [-0.15, -0.1) is 4.91 Å². The van der Waals surface area contributed by atoms with Crippen molar-refractivity contribution in [3.63, 3.8) is 0 Å². The van der Waals surface area contributed by atoms with Crippen LogP contribution in [0.5, 0.6) is 0 Å². The molecule has 0 spiro atoms. The van der Waals surface area contributed by atoms with Crippen LogP contribution in [0.2, 0.25) is 10.0 Å². The molecule has 0 fully saturated rings. The zero-order valence-corrected chi connectivity index (χ0v) is 10.0. The largest absolute Gasteiger partial charge is 0.471 e. The maximum atomic E-state index is 11.9. The molecule has 0 saturated carbocycles. The van der Waals surface area contributed by atoms with Gasteiger partial charge in [0.05, 0.1) is 10.0 Å². The van der Waals surface area contributed by atoms with E-state index in [4.69, 9.17) is 23.2 Å². The number of rotatable bonds is 3. The van der Waals surface area contributed by atoms with E-state index in [1.165, 1.54) is 12.1 Å². The maximum Gasteiger partial charge on any atom is 0.471 e. The highest BCUT2D eigenvalue weighted by Gasteiger charge is 2.38. The third kappa shape index (κ3) is 3.33. The average molecular weight is 301 g/mol. The molecule has 0 saturated heterocycles. The Balaban J connectivity index is 2.87. The summed E-state index contributed by atoms with van der Waals surface area (Å²) in [6, 6.07) is 2.54. The summed E-state index contributed by atoms with van der Waals surface area (Å²) in [5.74, 6) is -2.10. The zero-order chi connectivity index (χ0) is 13.9. The van der Waals surface area contributed by atoms with Crippen molar-refractivity contribution in [3.05, 3.63) is 32.6 Å². The molecule has 0 radical (unpaired) electrons. The highest BCUT2D eigenvalue weighted by Crippen LogP contribution is 2.35. The summed E-state index contributed by atoms with van der Waals surface area (Å²) in [7, 11) is 0. The van der Waals surface area contributed by atoms with E-state index in [0.29, 0.717) is 0 Å². The zero-order valence-electron chi connectivity index (χ0n) is 8.52. The number of amides is 1. The second-order valence-corrected chi connectivity index (χ2v) is 3.93. The van der Waals surface area contributed by atoms with E-state index in [0.717, 1.165) is 0 Å². The van der Waals surface area contributed by atoms with E-state index < -0.39 is 18.6 Å². The Morgan fingerprint density at radius 2 is 1.94 bits per heavy atom. The molecule has 0 atom stereocenters. The van der Waals surface area contributed by atoms with E-state index in [2.05, 4.69) is 5.18 Å². The number of benzene rings is 1. The Hall–Kier alpha value is -1.34. The summed E-state index contributed by atoms with van der Waals surface area (Å²) in [4.78, 5) is 21.0. The van der Waals surface area contributed by atoms with Crippen molar-refractivity contribution in [2.75, 3.05) is 0 Å². The lowest BCUT2D eigenvalue weighted by Crippen LogP contribution is -2.36. The molecule has 9 heteroatoms. The second kappa shape index (κ2) is 5.53. The van der Waals surface area contributed by atoms with Crippen molar-refractivity contribution in [2.24, 2.45) is 5.18 Å². The molecule has 1 aromatic carbocycles. The van der Waals surface area contributed by atoms with Crippen LogP contribution in [0.25, 0.3) is 0 Å². The lowest BCUT2D eigenvalue weighted by atomic mass is 10.2. The molecule has 0 bridgehead atoms. The van der Waals surface area contributed by atoms with Crippen LogP contribution in [0.15, 0.2) is 17.3 Å². The minimum Gasteiger partial charge on any atom is -0.344 e. The smallest absolute Gasteiger partial charge is 0.344 e. The normalized spacial score (nSPS) is 11.2. The number of nitroso groups, excluding NO2 is 1. The highest BCUT2D eigenvalue weighted by atomic mass is 35.5. The molecule has 0 aliphatic heterocycles. The topological polar surface area (TPSA) is 58.5 Å². The fourth-order valence-corrected chi connectivity index (χ4v) is 1.59. The Kier molecular flexibility index (Phi) is 4.53. The second-order valence-electron chi connectivity index (χ2n) is 3.14. The molecule has 18 heavy (non-hydrogen) atoms. The van der Waals surface area contributed by atoms with E-state index >= 15 is 0 Å². The molecule has 98 valence electrons. The van der Waals surface area contributed by atoms with Gasteiger partial charge < -0.3 is 5.32 Å². The molecule has 0 aromatic heterocycles. The van der Waals surface area contributed by atoms with Gasteiger partial charge in [-0.1, -0.05) is 29.3 Å². The van der Waals surface area contributed by atoms with Crippen molar-refractivity contribution in [1.82, 2.24) is 5.32 Å². The lowest BCUT2D eigenvalue weighted by Gasteiger charge is -2.10. The van der Waals surface area contributed by atoms with Crippen LogP contribution in [0.3, 0.4) is 0 Å². The van der Waals surface area contributed by atoms with Crippen LogP contribution in [-0.2, 0) is 11.3 Å². The Labute approximate surface area is 109 Å². The Bertz CT molecular complexity index is 491. The SMILES string of the molecule is O=Nc1c(Cl)ccc(CNC(=O)C(F)(F)F)c1Cl. The van der Waals surface area contributed by atoms with Crippen LogP contribution < -0.4 is 5.32 Å². The highest BCUT2D eigenvalue weighted by molar-refractivity contribution is 6.39. The fraction of sp³-hybridized carbons (Fsp3) is 0.222. The van der Waals surface area contributed by atoms with E-state index in [-0.39, 0.29) is 21.3 Å². The average Bonchev–Trinajstić information content (AvgIpc) is 2.27. The van der Waals surface area contributed by atoms with Gasteiger partial charge in [-0.2, -0.15) is 13.2 Å². The Morgan fingerprint density at radius 1 is 1.33 bits per heavy atom. The van der Waals surface area contributed by atoms with Gasteiger partial charge in [0, 0.05) is 6.54 Å². The van der Waals surface area contributed by atoms with Gasteiger partial charge >= 0.3 is 12.1 Å². The van der Waals surface area contributed by atoms with Gasteiger partial charge in [0.25, 0.3) is 0 Å². The summed E-state index contributed by atoms with van der Waals surface area (Å²) in [5, 5.41) is 3.95. The first-order valence-electron chi connectivity index (χ1n) is 4.42. The summed E-state index contributed by atoms with van der Waals surface area (Å²) in [6.07, 6.45) is -4.98. The summed E-state index contributed by atoms with van der Waals surface area (Å²) in [5.41, 5.74) is -0.176. The van der Waals surface area contributed by atoms with Crippen LogP contribution in [0.1, 0.15) is 5.56 Å². The molecular formula is C9H5Cl2F3N2O2. The van der Waals surface area contributed by atoms with Crippen molar-refractivity contribution in [1.29, 1.82) is 0 Å². The van der Waals surface area contributed by atoms with Gasteiger partial charge in [-0.05, 0) is 16.8 Å². The fourth-order valence-electron chi connectivity index (χ4n) is 1.08. The summed E-state index contributed by atoms with van der Waals surface area (Å²) < 4.78 is 35.8. The first-order chi connectivity index (χ1) is 8.27. The number of nitrogens with one attached hydrogen (secondary N) is 1. The van der Waals surface area contributed by atoms with Crippen molar-refractivity contribution in [2.45, 2.75) is 12.7 Å². The number of carbonyl (C=O) groups excluding carboxylic acids is 1. The van der Waals surface area contributed by atoms with Crippen LogP contribution in [0.4, 0.5) is 18.9 Å². The molecule has 0 aliphatic rings. The number of hydrogen-bond donors (Lipinski definition) is 1. The number of nitrogens with zero attached hydrogens (tertiary/aromatic N) is 1. The third-order valence-corrected chi connectivity index (χ3v) is 2.66. The molecule has 1 amide bonds. The van der Waals surface area contributed by atoms with Crippen LogP contribution in [-0.4, -0.2) is 12.1 Å². The summed E-state index contributed by atoms with van der Waals surface area (Å²) in [6.45, 7) is -0.489. The third-order valence-electron chi connectivity index (χ3n) is 1.94. The molecule has 1 rings (SSSR count). The van der Waals surface area contributed by atoms with Gasteiger partial charge in [-0.3, -0.25) is 4.79 Å². The first-order valence-corrected chi connectivity index (χ1v) is 5.18. The van der Waals surface area contributed by atoms with Gasteiger partial charge in [-0.25, -0.2) is 0 Å². The molecule has 1 aromatic rings. The predicted molar refractivity (Wildman–Crippen MR) is 59.8 cm³/mol. The van der Waals surface area contributed by atoms with Gasteiger partial charge in [0.1, 0.15) is 5.69 Å². The quantitative estimate of drug-likeness (QED) is 0.868. The van der Waals surface area contributed by atoms with Crippen molar-refractivity contribution in [3.8, 4) is 0 Å². The van der Waals surface area contributed by atoms with Crippen LogP contribution >= 0.6 is 23.2 Å². The van der Waals surface area contributed by atoms with Crippen molar-refractivity contribution < 1.29 is 18.0 Å². The lowest BCUT2D eigenvalue weighted by molar-refractivity contribution is -0.173. The standard InChI is InChI=1S/C9H5Cl2F3N2O2/c10-5-2-1-4(6(11)7(5)16-18)3-15-8(17)9(12,13)14/h1-2H,3H2,(H,15,17). The molecular weight excluding hydrogens is 296 g/mol. The van der Waals surface area contributed by atoms with Gasteiger partial charge in [0.2, 0.25) is 0 Å². The molecule has 0 aliphatic carbocycles. The molecule has 0 unspecified atom stereocenters. The number of carbonyl (C=O) groups is 1. The predicted octanol–water partition coefficient (Wildman–Crippen LogP) is 3.57. The first kappa shape index (κ1) is 14.7. The number of halogens is 5. The number of alkyl halides is 3. The van der Waals surface area contributed by atoms with E-state index in [9.17, 15) is 22.9 Å².